The molecule has 0 atom stereocenters. The second-order valence-corrected chi connectivity index (χ2v) is 3.86. The van der Waals surface area contributed by atoms with Crippen LogP contribution in [0, 0.1) is 11.9 Å². The summed E-state index contributed by atoms with van der Waals surface area (Å²) in [5.41, 5.74) is -0.393. The van der Waals surface area contributed by atoms with E-state index in [2.05, 4.69) is 10.3 Å². The van der Waals surface area contributed by atoms with Gasteiger partial charge in [-0.25, -0.2) is 8.78 Å². The Kier molecular flexibility index (Phi) is 4.02. The number of nitrogens with one attached hydrogen (secondary N) is 1. The first-order chi connectivity index (χ1) is 9.47. The van der Waals surface area contributed by atoms with Crippen molar-refractivity contribution in [3.05, 3.63) is 48.1 Å². The summed E-state index contributed by atoms with van der Waals surface area (Å²) in [6, 6.07) is 4.59. The molecule has 1 N–H and O–H groups in total. The predicted octanol–water partition coefficient (Wildman–Crippen LogP) is 2.68. The Hall–Kier alpha value is -2.38. The van der Waals surface area contributed by atoms with Crippen LogP contribution >= 0.6 is 0 Å². The maximum Gasteiger partial charge on any atom is 0.272 e. The third-order valence-electron chi connectivity index (χ3n) is 2.46. The highest BCUT2D eigenvalue weighted by atomic mass is 19.3. The van der Waals surface area contributed by atoms with Gasteiger partial charge in [0.2, 0.25) is 11.9 Å². The Balaban J connectivity index is 2.18. The number of anilines is 1. The van der Waals surface area contributed by atoms with E-state index in [1.807, 2.05) is 0 Å². The van der Waals surface area contributed by atoms with Gasteiger partial charge in [0.05, 0.1) is 12.2 Å². The van der Waals surface area contributed by atoms with Gasteiger partial charge >= 0.3 is 0 Å². The van der Waals surface area contributed by atoms with Crippen molar-refractivity contribution in [3.8, 4) is 0 Å². The minimum absolute atomic E-state index is 0.0611. The van der Waals surface area contributed by atoms with Crippen molar-refractivity contribution < 1.29 is 22.4 Å². The molecule has 0 unspecified atom stereocenters. The minimum atomic E-state index is -2.63. The Morgan fingerprint density at radius 2 is 2.05 bits per heavy atom. The average Bonchev–Trinajstić information content (AvgIpc) is 2.80. The number of halogens is 4. The molecule has 0 saturated carbocycles. The molecule has 8 heteroatoms. The zero-order chi connectivity index (χ0) is 14.7. The molecule has 106 valence electrons. The SMILES string of the molecule is O=C(Nc1ccc(F)nc1F)c1cccn1CC(F)F. The summed E-state index contributed by atoms with van der Waals surface area (Å²) in [6.45, 7) is -0.653. The van der Waals surface area contributed by atoms with Gasteiger partial charge in [0.25, 0.3) is 12.3 Å². The van der Waals surface area contributed by atoms with E-state index in [1.165, 1.54) is 18.3 Å². The second-order valence-electron chi connectivity index (χ2n) is 3.86. The predicted molar refractivity (Wildman–Crippen MR) is 62.5 cm³/mol. The number of pyridine rings is 1. The number of hydrogen-bond acceptors (Lipinski definition) is 2. The third-order valence-corrected chi connectivity index (χ3v) is 2.46. The van der Waals surface area contributed by atoms with Crippen molar-refractivity contribution in [2.45, 2.75) is 13.0 Å². The number of amides is 1. The molecule has 1 amide bonds. The maximum atomic E-state index is 13.3. The summed E-state index contributed by atoms with van der Waals surface area (Å²) in [6.07, 6.45) is -1.32. The molecule has 0 bridgehead atoms. The van der Waals surface area contributed by atoms with Crippen LogP contribution in [0.3, 0.4) is 0 Å². The van der Waals surface area contributed by atoms with Gasteiger partial charge in [-0.15, -0.1) is 0 Å². The number of alkyl halides is 2. The number of hydrogen-bond donors (Lipinski definition) is 1. The molecule has 2 aromatic heterocycles. The largest absolute Gasteiger partial charge is 0.338 e. The Morgan fingerprint density at radius 1 is 1.30 bits per heavy atom. The molecule has 0 radical (unpaired) electrons. The van der Waals surface area contributed by atoms with Crippen LogP contribution in [-0.2, 0) is 6.54 Å². The standard InChI is InChI=1S/C12H9F4N3O/c13-9(14)6-19-5-1-2-8(19)12(20)17-7-3-4-10(15)18-11(7)16/h1-5,9H,6H2,(H,17,20). The molecule has 2 rings (SSSR count). The molecule has 4 nitrogen and oxygen atoms in total. The molecule has 20 heavy (non-hydrogen) atoms. The number of nitrogens with zero attached hydrogens (tertiary/aromatic N) is 2. The monoisotopic (exact) mass is 287 g/mol. The van der Waals surface area contributed by atoms with Crippen molar-refractivity contribution in [3.63, 3.8) is 0 Å². The molecular weight excluding hydrogens is 278 g/mol. The zero-order valence-corrected chi connectivity index (χ0v) is 9.99. The fourth-order valence-electron chi connectivity index (χ4n) is 1.62. The molecule has 0 saturated heterocycles. The van der Waals surface area contributed by atoms with Crippen molar-refractivity contribution in [2.24, 2.45) is 0 Å². The fraction of sp³-hybridized carbons (Fsp3) is 0.167. The van der Waals surface area contributed by atoms with Gasteiger partial charge < -0.3 is 9.88 Å². The van der Waals surface area contributed by atoms with Gasteiger partial charge in [-0.2, -0.15) is 13.8 Å². The lowest BCUT2D eigenvalue weighted by atomic mass is 10.3. The van der Waals surface area contributed by atoms with Crippen LogP contribution in [0.15, 0.2) is 30.5 Å². The normalized spacial score (nSPS) is 10.8. The summed E-state index contributed by atoms with van der Waals surface area (Å²) < 4.78 is 51.5. The van der Waals surface area contributed by atoms with Gasteiger partial charge in [0.15, 0.2) is 0 Å². The quantitative estimate of drug-likeness (QED) is 0.694. The first-order valence-electron chi connectivity index (χ1n) is 5.54. The van der Waals surface area contributed by atoms with E-state index in [1.54, 1.807) is 0 Å². The molecule has 0 spiro atoms. The lowest BCUT2D eigenvalue weighted by Crippen LogP contribution is -2.19. The van der Waals surface area contributed by atoms with E-state index < -0.39 is 30.8 Å². The summed E-state index contributed by atoms with van der Waals surface area (Å²) in [5.74, 6) is -3.00. The third kappa shape index (κ3) is 3.14. The Labute approximate surface area is 111 Å². The molecule has 0 aromatic carbocycles. The first kappa shape index (κ1) is 14.0. The number of aromatic nitrogens is 2. The van der Waals surface area contributed by atoms with Crippen LogP contribution in [-0.4, -0.2) is 21.9 Å². The van der Waals surface area contributed by atoms with Gasteiger partial charge in [-0.05, 0) is 24.3 Å². The fourth-order valence-corrected chi connectivity index (χ4v) is 1.62. The first-order valence-corrected chi connectivity index (χ1v) is 5.54. The topological polar surface area (TPSA) is 46.9 Å². The number of carbonyl (C=O) groups excluding carboxylic acids is 1. The molecule has 0 fully saturated rings. The van der Waals surface area contributed by atoms with E-state index in [-0.39, 0.29) is 11.4 Å². The second kappa shape index (κ2) is 5.72. The Bertz CT molecular complexity index is 627. The summed E-state index contributed by atoms with van der Waals surface area (Å²) in [5, 5.41) is 2.14. The number of carbonyl (C=O) groups is 1. The van der Waals surface area contributed by atoms with Crippen molar-refractivity contribution in [1.82, 2.24) is 9.55 Å². The lowest BCUT2D eigenvalue weighted by Gasteiger charge is -2.09. The summed E-state index contributed by atoms with van der Waals surface area (Å²) in [7, 11) is 0. The highest BCUT2D eigenvalue weighted by Gasteiger charge is 2.16. The van der Waals surface area contributed by atoms with Gasteiger partial charge in [-0.3, -0.25) is 4.79 Å². The van der Waals surface area contributed by atoms with Crippen LogP contribution in [0.2, 0.25) is 0 Å². The van der Waals surface area contributed by atoms with E-state index >= 15 is 0 Å². The van der Waals surface area contributed by atoms with Crippen LogP contribution in [0.25, 0.3) is 0 Å². The zero-order valence-electron chi connectivity index (χ0n) is 9.99. The van der Waals surface area contributed by atoms with Crippen LogP contribution < -0.4 is 5.32 Å². The van der Waals surface area contributed by atoms with E-state index in [9.17, 15) is 22.4 Å². The van der Waals surface area contributed by atoms with Crippen LogP contribution in [0.1, 0.15) is 10.5 Å². The van der Waals surface area contributed by atoms with E-state index in [4.69, 9.17) is 0 Å². The van der Waals surface area contributed by atoms with E-state index in [0.717, 1.165) is 16.7 Å². The highest BCUT2D eigenvalue weighted by molar-refractivity contribution is 6.03. The molecule has 0 aliphatic rings. The maximum absolute atomic E-state index is 13.3. The summed E-state index contributed by atoms with van der Waals surface area (Å²) in [4.78, 5) is 14.8. The molecular formula is C12H9F4N3O. The number of rotatable bonds is 4. The molecule has 0 aliphatic heterocycles. The van der Waals surface area contributed by atoms with E-state index in [0.29, 0.717) is 0 Å². The van der Waals surface area contributed by atoms with Gasteiger partial charge in [0, 0.05) is 6.20 Å². The van der Waals surface area contributed by atoms with Crippen molar-refractivity contribution in [2.75, 3.05) is 5.32 Å². The summed E-state index contributed by atoms with van der Waals surface area (Å²) >= 11 is 0. The molecule has 2 heterocycles. The van der Waals surface area contributed by atoms with Gasteiger partial charge in [-0.1, -0.05) is 0 Å². The lowest BCUT2D eigenvalue weighted by molar-refractivity contribution is 0.0997. The van der Waals surface area contributed by atoms with Crippen molar-refractivity contribution in [1.29, 1.82) is 0 Å². The van der Waals surface area contributed by atoms with Crippen molar-refractivity contribution >= 4 is 11.6 Å². The average molecular weight is 287 g/mol. The molecule has 2 aromatic rings. The molecule has 0 aliphatic carbocycles. The minimum Gasteiger partial charge on any atom is -0.338 e. The van der Waals surface area contributed by atoms with Gasteiger partial charge in [0.1, 0.15) is 5.69 Å². The Morgan fingerprint density at radius 3 is 2.70 bits per heavy atom. The van der Waals surface area contributed by atoms with Crippen LogP contribution in [0.5, 0.6) is 0 Å². The highest BCUT2D eigenvalue weighted by Crippen LogP contribution is 2.14. The van der Waals surface area contributed by atoms with Crippen LogP contribution in [0.4, 0.5) is 23.2 Å². The smallest absolute Gasteiger partial charge is 0.272 e.